The molecule has 1 amide bonds. The van der Waals surface area contributed by atoms with E-state index in [0.717, 1.165) is 22.6 Å². The van der Waals surface area contributed by atoms with Gasteiger partial charge in [0.05, 0.1) is 24.0 Å². The van der Waals surface area contributed by atoms with Gasteiger partial charge in [-0.2, -0.15) is 5.10 Å². The second kappa shape index (κ2) is 6.93. The molecule has 1 aliphatic rings. The number of thiocarbonyl (C=S) groups is 1. The van der Waals surface area contributed by atoms with E-state index in [2.05, 4.69) is 10.4 Å². The molecule has 2 aromatic rings. The number of aromatic nitrogens is 2. The third kappa shape index (κ3) is 3.05. The third-order valence-electron chi connectivity index (χ3n) is 4.46. The normalized spacial score (nSPS) is 18.6. The Kier molecular flexibility index (Phi) is 4.87. The highest BCUT2D eigenvalue weighted by molar-refractivity contribution is 7.80. The number of para-hydroxylation sites is 1. The predicted octanol–water partition coefficient (Wildman–Crippen LogP) is 2.28. The fourth-order valence-electron chi connectivity index (χ4n) is 3.32. The molecule has 1 aromatic carbocycles. The van der Waals surface area contributed by atoms with E-state index in [4.69, 9.17) is 17.0 Å². The van der Waals surface area contributed by atoms with E-state index in [1.807, 2.05) is 55.8 Å². The maximum absolute atomic E-state index is 13.0. The summed E-state index contributed by atoms with van der Waals surface area (Å²) in [6, 6.07) is 9.25. The molecule has 2 atom stereocenters. The van der Waals surface area contributed by atoms with Gasteiger partial charge in [0.1, 0.15) is 6.04 Å². The first-order valence-corrected chi connectivity index (χ1v) is 8.60. The summed E-state index contributed by atoms with van der Waals surface area (Å²) in [6.45, 7) is 6.25. The van der Waals surface area contributed by atoms with E-state index in [1.165, 1.54) is 0 Å². The number of ether oxygens (including phenoxy) is 1. The van der Waals surface area contributed by atoms with E-state index in [1.54, 1.807) is 12.0 Å². The Labute approximate surface area is 152 Å². The summed E-state index contributed by atoms with van der Waals surface area (Å²) in [5.74, 6) is -0.0617. The molecular formula is C18H22N4O2S. The molecule has 1 saturated heterocycles. The van der Waals surface area contributed by atoms with Crippen LogP contribution in [0, 0.1) is 13.8 Å². The van der Waals surface area contributed by atoms with Crippen molar-refractivity contribution in [2.45, 2.75) is 32.9 Å². The van der Waals surface area contributed by atoms with Crippen molar-refractivity contribution in [1.29, 1.82) is 0 Å². The molecule has 3 rings (SSSR count). The van der Waals surface area contributed by atoms with Crippen molar-refractivity contribution in [2.24, 2.45) is 0 Å². The second-order valence-electron chi connectivity index (χ2n) is 6.23. The molecule has 1 aliphatic heterocycles. The summed E-state index contributed by atoms with van der Waals surface area (Å²) in [6.07, 6.45) is 0. The minimum Gasteiger partial charge on any atom is -0.383 e. The van der Waals surface area contributed by atoms with Crippen molar-refractivity contribution in [3.05, 3.63) is 47.3 Å². The molecule has 7 heteroatoms. The Hall–Kier alpha value is -2.25. The van der Waals surface area contributed by atoms with Crippen LogP contribution in [0.1, 0.15) is 29.9 Å². The number of carbonyl (C=O) groups is 1. The first-order valence-electron chi connectivity index (χ1n) is 8.19. The van der Waals surface area contributed by atoms with Crippen LogP contribution >= 0.6 is 12.2 Å². The Bertz CT molecular complexity index is 803. The highest BCUT2D eigenvalue weighted by atomic mass is 32.1. The summed E-state index contributed by atoms with van der Waals surface area (Å²) in [5, 5.41) is 8.22. The molecule has 25 heavy (non-hydrogen) atoms. The highest BCUT2D eigenvalue weighted by Crippen LogP contribution is 2.29. The van der Waals surface area contributed by atoms with E-state index < -0.39 is 6.04 Å². The highest BCUT2D eigenvalue weighted by Gasteiger charge is 2.41. The molecule has 1 N–H and O–H groups in total. The lowest BCUT2D eigenvalue weighted by Crippen LogP contribution is -2.41. The van der Waals surface area contributed by atoms with Gasteiger partial charge in [-0.15, -0.1) is 0 Å². The van der Waals surface area contributed by atoms with Gasteiger partial charge in [0.15, 0.2) is 5.11 Å². The van der Waals surface area contributed by atoms with Gasteiger partial charge in [-0.3, -0.25) is 9.69 Å². The van der Waals surface area contributed by atoms with Crippen LogP contribution in [0.15, 0.2) is 30.3 Å². The number of carbonyl (C=O) groups excluding carboxylic acids is 1. The fraction of sp³-hybridized carbons (Fsp3) is 0.389. The van der Waals surface area contributed by atoms with Crippen LogP contribution in [0.4, 0.5) is 0 Å². The first kappa shape index (κ1) is 17.6. The average molecular weight is 358 g/mol. The summed E-state index contributed by atoms with van der Waals surface area (Å²) < 4.78 is 7.03. The number of nitrogens with zero attached hydrogens (tertiary/aromatic N) is 3. The van der Waals surface area contributed by atoms with Crippen molar-refractivity contribution < 1.29 is 9.53 Å². The molecule has 0 unspecified atom stereocenters. The molecule has 1 fully saturated rings. The SMILES string of the molecule is COC[C@@H](C)N1C(=O)[C@H](c2c(C)nn(-c3ccccc3)c2C)NC1=S. The van der Waals surface area contributed by atoms with E-state index in [9.17, 15) is 4.79 Å². The molecule has 132 valence electrons. The lowest BCUT2D eigenvalue weighted by atomic mass is 10.0. The first-order chi connectivity index (χ1) is 12.0. The van der Waals surface area contributed by atoms with E-state index in [-0.39, 0.29) is 11.9 Å². The number of hydrogen-bond acceptors (Lipinski definition) is 4. The minimum atomic E-state index is -0.510. The number of amides is 1. The van der Waals surface area contributed by atoms with Crippen LogP contribution in [-0.2, 0) is 9.53 Å². The van der Waals surface area contributed by atoms with Crippen molar-refractivity contribution >= 4 is 23.2 Å². The summed E-state index contributed by atoms with van der Waals surface area (Å²) in [7, 11) is 1.61. The molecule has 2 heterocycles. The lowest BCUT2D eigenvalue weighted by Gasteiger charge is -2.22. The van der Waals surface area contributed by atoms with Gasteiger partial charge in [0, 0.05) is 18.4 Å². The zero-order chi connectivity index (χ0) is 18.1. The third-order valence-corrected chi connectivity index (χ3v) is 4.77. The second-order valence-corrected chi connectivity index (χ2v) is 6.61. The molecule has 0 bridgehead atoms. The number of methoxy groups -OCH3 is 1. The maximum atomic E-state index is 13.0. The Morgan fingerprint density at radius 2 is 2.00 bits per heavy atom. The summed E-state index contributed by atoms with van der Waals surface area (Å²) >= 11 is 5.38. The van der Waals surface area contributed by atoms with Gasteiger partial charge in [0.2, 0.25) is 0 Å². The van der Waals surface area contributed by atoms with Gasteiger partial charge >= 0.3 is 0 Å². The quantitative estimate of drug-likeness (QED) is 0.831. The monoisotopic (exact) mass is 358 g/mol. The van der Waals surface area contributed by atoms with Crippen LogP contribution in [0.5, 0.6) is 0 Å². The van der Waals surface area contributed by atoms with Crippen LogP contribution in [0.2, 0.25) is 0 Å². The Morgan fingerprint density at radius 3 is 2.64 bits per heavy atom. The Morgan fingerprint density at radius 1 is 1.32 bits per heavy atom. The van der Waals surface area contributed by atoms with Gasteiger partial charge in [-0.1, -0.05) is 18.2 Å². The van der Waals surface area contributed by atoms with Crippen LogP contribution < -0.4 is 5.32 Å². The van der Waals surface area contributed by atoms with Gasteiger partial charge in [-0.25, -0.2) is 4.68 Å². The Balaban J connectivity index is 1.97. The number of nitrogens with one attached hydrogen (secondary N) is 1. The van der Waals surface area contributed by atoms with Gasteiger partial charge in [0.25, 0.3) is 5.91 Å². The molecule has 0 aliphatic carbocycles. The number of benzene rings is 1. The van der Waals surface area contributed by atoms with Gasteiger partial charge < -0.3 is 10.1 Å². The molecule has 0 spiro atoms. The minimum absolute atomic E-state index is 0.0617. The lowest BCUT2D eigenvalue weighted by molar-refractivity contribution is -0.129. The summed E-state index contributed by atoms with van der Waals surface area (Å²) in [5.41, 5.74) is 3.59. The van der Waals surface area contributed by atoms with E-state index >= 15 is 0 Å². The molecule has 1 aromatic heterocycles. The smallest absolute Gasteiger partial charge is 0.256 e. The number of aryl methyl sites for hydroxylation is 1. The van der Waals surface area contributed by atoms with Crippen LogP contribution in [-0.4, -0.2) is 45.5 Å². The fourth-order valence-corrected chi connectivity index (χ4v) is 3.70. The van der Waals surface area contributed by atoms with Crippen molar-refractivity contribution in [3.63, 3.8) is 0 Å². The van der Waals surface area contributed by atoms with Crippen LogP contribution in [0.25, 0.3) is 5.69 Å². The molecular weight excluding hydrogens is 336 g/mol. The topological polar surface area (TPSA) is 59.4 Å². The zero-order valence-corrected chi connectivity index (χ0v) is 15.6. The molecule has 0 radical (unpaired) electrons. The molecule has 6 nitrogen and oxygen atoms in total. The van der Waals surface area contributed by atoms with Crippen molar-refractivity contribution in [1.82, 2.24) is 20.0 Å². The number of hydrogen-bond donors (Lipinski definition) is 1. The summed E-state index contributed by atoms with van der Waals surface area (Å²) in [4.78, 5) is 14.6. The zero-order valence-electron chi connectivity index (χ0n) is 14.8. The standard InChI is InChI=1S/C18H22N4O2S/c1-11(10-24-4)21-17(23)16(19-18(21)25)15-12(2)20-22(13(15)3)14-8-6-5-7-9-14/h5-9,11,16H,10H2,1-4H3,(H,19,25)/t11-,16+/m1/s1. The predicted molar refractivity (Wildman–Crippen MR) is 99.7 cm³/mol. The largest absolute Gasteiger partial charge is 0.383 e. The maximum Gasteiger partial charge on any atom is 0.256 e. The average Bonchev–Trinajstić information content (AvgIpc) is 3.04. The van der Waals surface area contributed by atoms with E-state index in [0.29, 0.717) is 11.7 Å². The van der Waals surface area contributed by atoms with Crippen molar-refractivity contribution in [3.8, 4) is 5.69 Å². The van der Waals surface area contributed by atoms with Gasteiger partial charge in [-0.05, 0) is 45.1 Å². The van der Waals surface area contributed by atoms with Crippen molar-refractivity contribution in [2.75, 3.05) is 13.7 Å². The molecule has 0 saturated carbocycles. The van der Waals surface area contributed by atoms with Crippen LogP contribution in [0.3, 0.4) is 0 Å². The number of rotatable bonds is 5.